The van der Waals surface area contributed by atoms with Crippen molar-refractivity contribution in [1.82, 2.24) is 10.2 Å². The molecule has 2 aliphatic rings. The minimum atomic E-state index is -0.221. The number of fused-ring (bicyclic) bond motifs is 1. The van der Waals surface area contributed by atoms with Crippen molar-refractivity contribution < 1.29 is 19.1 Å². The molecule has 0 unspecified atom stereocenters. The number of ether oxygens (including phenoxy) is 2. The summed E-state index contributed by atoms with van der Waals surface area (Å²) in [5.41, 5.74) is 4.07. The summed E-state index contributed by atoms with van der Waals surface area (Å²) in [7, 11) is 1.64. The molecule has 0 atom stereocenters. The van der Waals surface area contributed by atoms with E-state index in [1.165, 1.54) is 5.56 Å². The quantitative estimate of drug-likeness (QED) is 0.706. The summed E-state index contributed by atoms with van der Waals surface area (Å²) in [6.45, 7) is 6.70. The number of nitrogens with one attached hydrogen (secondary N) is 1. The van der Waals surface area contributed by atoms with E-state index in [1.54, 1.807) is 11.9 Å². The number of carbonyl (C=O) groups excluding carboxylic acids is 2. The lowest BCUT2D eigenvalue weighted by atomic mass is 10.1. The second-order valence-corrected chi connectivity index (χ2v) is 9.06. The second kappa shape index (κ2) is 10.1. The first-order valence-corrected chi connectivity index (χ1v) is 11.8. The minimum absolute atomic E-state index is 0.0849. The zero-order valence-corrected chi connectivity index (χ0v) is 19.7. The lowest BCUT2D eigenvalue weighted by molar-refractivity contribution is 0.0616. The number of amides is 2. The normalized spacial score (nSPS) is 16.0. The maximum Gasteiger partial charge on any atom is 0.409 e. The van der Waals surface area contributed by atoms with Gasteiger partial charge in [0.05, 0.1) is 6.61 Å². The van der Waals surface area contributed by atoms with Gasteiger partial charge in [0.1, 0.15) is 11.9 Å². The summed E-state index contributed by atoms with van der Waals surface area (Å²) in [6, 6.07) is 13.9. The highest BCUT2D eigenvalue weighted by atomic mass is 16.6. The van der Waals surface area contributed by atoms with Crippen LogP contribution >= 0.6 is 0 Å². The van der Waals surface area contributed by atoms with Crippen LogP contribution in [0.3, 0.4) is 0 Å². The number of nitrogens with zero attached hydrogens (tertiary/aromatic N) is 2. The first-order valence-electron chi connectivity index (χ1n) is 11.8. The van der Waals surface area contributed by atoms with Crippen LogP contribution in [0.15, 0.2) is 42.5 Å². The Balaban J connectivity index is 1.38. The van der Waals surface area contributed by atoms with Gasteiger partial charge in [-0.3, -0.25) is 4.79 Å². The molecule has 0 bridgehead atoms. The SMILES string of the molecule is CNC(=O)c1ccc(N2CCc3c(OC4CCN(C(=O)OCC(C)C)CC4)cccc32)cc1. The van der Waals surface area contributed by atoms with Gasteiger partial charge < -0.3 is 24.6 Å². The van der Waals surface area contributed by atoms with Crippen LogP contribution in [0.1, 0.15) is 42.6 Å². The Bertz CT molecular complexity index is 982. The Morgan fingerprint density at radius 3 is 2.45 bits per heavy atom. The highest BCUT2D eigenvalue weighted by molar-refractivity contribution is 5.94. The van der Waals surface area contributed by atoms with Crippen molar-refractivity contribution in [2.45, 2.75) is 39.2 Å². The van der Waals surface area contributed by atoms with E-state index in [1.807, 2.05) is 50.2 Å². The van der Waals surface area contributed by atoms with Crippen molar-refractivity contribution in [1.29, 1.82) is 0 Å². The largest absolute Gasteiger partial charge is 0.490 e. The van der Waals surface area contributed by atoms with E-state index in [4.69, 9.17) is 9.47 Å². The zero-order valence-electron chi connectivity index (χ0n) is 19.7. The number of benzene rings is 2. The van der Waals surface area contributed by atoms with Gasteiger partial charge in [-0.05, 0) is 48.7 Å². The van der Waals surface area contributed by atoms with Gasteiger partial charge in [-0.2, -0.15) is 0 Å². The molecule has 0 aliphatic carbocycles. The van der Waals surface area contributed by atoms with Crippen molar-refractivity contribution in [3.63, 3.8) is 0 Å². The second-order valence-electron chi connectivity index (χ2n) is 9.06. The maximum atomic E-state index is 12.2. The average molecular weight is 452 g/mol. The Morgan fingerprint density at radius 1 is 1.06 bits per heavy atom. The van der Waals surface area contributed by atoms with E-state index in [9.17, 15) is 9.59 Å². The first kappa shape index (κ1) is 23.0. The smallest absolute Gasteiger partial charge is 0.409 e. The topological polar surface area (TPSA) is 71.1 Å². The number of piperidine rings is 1. The molecule has 0 spiro atoms. The molecule has 7 heteroatoms. The van der Waals surface area contributed by atoms with Crippen LogP contribution in [0.5, 0.6) is 5.75 Å². The molecular formula is C26H33N3O4. The molecular weight excluding hydrogens is 418 g/mol. The lowest BCUT2D eigenvalue weighted by Crippen LogP contribution is -2.42. The molecule has 7 nitrogen and oxygen atoms in total. The summed E-state index contributed by atoms with van der Waals surface area (Å²) in [5, 5.41) is 2.65. The monoisotopic (exact) mass is 451 g/mol. The predicted molar refractivity (Wildman–Crippen MR) is 128 cm³/mol. The van der Waals surface area contributed by atoms with Crippen LogP contribution in [-0.2, 0) is 11.2 Å². The van der Waals surface area contributed by atoms with Crippen LogP contribution in [0, 0.1) is 5.92 Å². The molecule has 1 fully saturated rings. The van der Waals surface area contributed by atoms with E-state index < -0.39 is 0 Å². The Labute approximate surface area is 195 Å². The van der Waals surface area contributed by atoms with Crippen molar-refractivity contribution >= 4 is 23.4 Å². The summed E-state index contributed by atoms with van der Waals surface area (Å²) >= 11 is 0. The fourth-order valence-electron chi connectivity index (χ4n) is 4.38. The number of anilines is 2. The van der Waals surface area contributed by atoms with E-state index >= 15 is 0 Å². The van der Waals surface area contributed by atoms with Crippen LogP contribution in [0.2, 0.25) is 0 Å². The minimum Gasteiger partial charge on any atom is -0.490 e. The highest BCUT2D eigenvalue weighted by Crippen LogP contribution is 2.40. The van der Waals surface area contributed by atoms with Gasteiger partial charge >= 0.3 is 6.09 Å². The number of hydrogen-bond donors (Lipinski definition) is 1. The fourth-order valence-corrected chi connectivity index (χ4v) is 4.38. The molecule has 2 heterocycles. The van der Waals surface area contributed by atoms with Crippen LogP contribution in [0.25, 0.3) is 0 Å². The van der Waals surface area contributed by atoms with E-state index in [-0.39, 0.29) is 18.1 Å². The molecule has 2 aliphatic heterocycles. The molecule has 0 saturated carbocycles. The Morgan fingerprint density at radius 2 is 1.79 bits per heavy atom. The standard InChI is InChI=1S/C26H33N3O4/c1-18(2)17-32-26(31)28-14-11-21(12-15-28)33-24-6-4-5-23-22(24)13-16-29(23)20-9-7-19(8-10-20)25(30)27-3/h4-10,18,21H,11-17H2,1-3H3,(H,27,30). The Hall–Kier alpha value is -3.22. The van der Waals surface area contributed by atoms with Gasteiger partial charge in [-0.25, -0.2) is 4.79 Å². The molecule has 1 N–H and O–H groups in total. The molecule has 2 aromatic carbocycles. The predicted octanol–water partition coefficient (Wildman–Crippen LogP) is 4.38. The highest BCUT2D eigenvalue weighted by Gasteiger charge is 2.28. The Kier molecular flexibility index (Phi) is 7.06. The van der Waals surface area contributed by atoms with E-state index in [0.29, 0.717) is 31.2 Å². The summed E-state index contributed by atoms with van der Waals surface area (Å²) in [6.07, 6.45) is 2.37. The molecule has 0 radical (unpaired) electrons. The number of carbonyl (C=O) groups is 2. The van der Waals surface area contributed by atoms with Gasteiger partial charge in [0.2, 0.25) is 0 Å². The van der Waals surface area contributed by atoms with Crippen LogP contribution < -0.4 is 15.0 Å². The third-order valence-corrected chi connectivity index (χ3v) is 6.19. The van der Waals surface area contributed by atoms with Crippen LogP contribution in [-0.4, -0.2) is 56.3 Å². The van der Waals surface area contributed by atoms with Gasteiger partial charge in [-0.1, -0.05) is 19.9 Å². The van der Waals surface area contributed by atoms with Crippen LogP contribution in [0.4, 0.5) is 16.2 Å². The first-order chi connectivity index (χ1) is 16.0. The van der Waals surface area contributed by atoms with Gasteiger partial charge in [0.15, 0.2) is 0 Å². The van der Waals surface area contributed by atoms with E-state index in [0.717, 1.165) is 42.9 Å². The molecule has 0 aromatic heterocycles. The summed E-state index contributed by atoms with van der Waals surface area (Å²) < 4.78 is 11.8. The number of rotatable bonds is 6. The third-order valence-electron chi connectivity index (χ3n) is 6.19. The average Bonchev–Trinajstić information content (AvgIpc) is 3.28. The van der Waals surface area contributed by atoms with Crippen molar-refractivity contribution in [2.24, 2.45) is 5.92 Å². The van der Waals surface area contributed by atoms with Crippen molar-refractivity contribution in [3.05, 3.63) is 53.6 Å². The van der Waals surface area contributed by atoms with Crippen molar-refractivity contribution in [3.8, 4) is 5.75 Å². The molecule has 33 heavy (non-hydrogen) atoms. The molecule has 1 saturated heterocycles. The van der Waals surface area contributed by atoms with Gasteiger partial charge in [0, 0.05) is 62.0 Å². The molecule has 4 rings (SSSR count). The lowest BCUT2D eigenvalue weighted by Gasteiger charge is -2.32. The zero-order chi connectivity index (χ0) is 23.4. The molecule has 176 valence electrons. The fraction of sp³-hybridized carbons (Fsp3) is 0.462. The molecule has 2 aromatic rings. The number of hydrogen-bond acceptors (Lipinski definition) is 5. The summed E-state index contributed by atoms with van der Waals surface area (Å²) in [4.78, 5) is 28.1. The summed E-state index contributed by atoms with van der Waals surface area (Å²) in [5.74, 6) is 1.18. The van der Waals surface area contributed by atoms with Gasteiger partial charge in [-0.15, -0.1) is 0 Å². The van der Waals surface area contributed by atoms with Crippen molar-refractivity contribution in [2.75, 3.05) is 38.2 Å². The van der Waals surface area contributed by atoms with E-state index in [2.05, 4.69) is 16.3 Å². The maximum absolute atomic E-state index is 12.2. The molecule has 2 amide bonds. The number of likely N-dealkylation sites (tertiary alicyclic amines) is 1. The third kappa shape index (κ3) is 5.24. The van der Waals surface area contributed by atoms with Gasteiger partial charge in [0.25, 0.3) is 5.91 Å².